The van der Waals surface area contributed by atoms with Crippen molar-refractivity contribution in [2.24, 2.45) is 11.1 Å². The summed E-state index contributed by atoms with van der Waals surface area (Å²) in [5.41, 5.74) is 5.23. The van der Waals surface area contributed by atoms with Crippen LogP contribution in [0.2, 0.25) is 0 Å². The molecule has 0 heterocycles. The predicted molar refractivity (Wildman–Crippen MR) is 83.2 cm³/mol. The van der Waals surface area contributed by atoms with Gasteiger partial charge in [-0.15, -0.1) is 0 Å². The van der Waals surface area contributed by atoms with Gasteiger partial charge in [-0.25, -0.2) is 0 Å². The molecule has 0 saturated carbocycles. The molecule has 0 aliphatic carbocycles. The minimum absolute atomic E-state index is 0.0554. The summed E-state index contributed by atoms with van der Waals surface area (Å²) in [6.45, 7) is 5.44. The van der Waals surface area contributed by atoms with E-state index in [2.05, 4.69) is 13.8 Å². The number of carbonyl (C=O) groups excluding carboxylic acids is 1. The van der Waals surface area contributed by atoms with Crippen LogP contribution in [-0.4, -0.2) is 43.1 Å². The fraction of sp³-hybridized carbons (Fsp3) is 0.857. The summed E-state index contributed by atoms with van der Waals surface area (Å²) in [6, 6.07) is 0. The van der Waals surface area contributed by atoms with Crippen LogP contribution in [0.3, 0.4) is 0 Å². The highest BCUT2D eigenvalue weighted by Gasteiger charge is 2.41. The predicted octanol–water partition coefficient (Wildman–Crippen LogP) is 2.35. The molecule has 19 heavy (non-hydrogen) atoms. The fourth-order valence-electron chi connectivity index (χ4n) is 2.46. The molecular weight excluding hydrogens is 260 g/mol. The lowest BCUT2D eigenvalue weighted by Crippen LogP contribution is -2.49. The van der Waals surface area contributed by atoms with E-state index >= 15 is 0 Å². The van der Waals surface area contributed by atoms with E-state index in [-0.39, 0.29) is 5.91 Å². The van der Waals surface area contributed by atoms with E-state index in [0.717, 1.165) is 32.1 Å². The molecule has 0 bridgehead atoms. The molecule has 2 N–H and O–H groups in total. The SMILES string of the molecule is CCCC(CCC)(C(=O)N(C)CCCOC)C(N)=S. The van der Waals surface area contributed by atoms with E-state index in [9.17, 15) is 4.79 Å². The summed E-state index contributed by atoms with van der Waals surface area (Å²) in [4.78, 5) is 14.8. The first-order chi connectivity index (χ1) is 8.96. The van der Waals surface area contributed by atoms with Crippen LogP contribution in [0.4, 0.5) is 0 Å². The zero-order valence-corrected chi connectivity index (χ0v) is 13.5. The van der Waals surface area contributed by atoms with Crippen molar-refractivity contribution in [3.05, 3.63) is 0 Å². The number of ether oxygens (including phenoxy) is 1. The number of carbonyl (C=O) groups is 1. The Morgan fingerprint density at radius 2 is 1.84 bits per heavy atom. The lowest BCUT2D eigenvalue weighted by atomic mass is 9.77. The van der Waals surface area contributed by atoms with Gasteiger partial charge in [0.25, 0.3) is 0 Å². The molecule has 0 radical (unpaired) electrons. The lowest BCUT2D eigenvalue weighted by Gasteiger charge is -2.35. The Morgan fingerprint density at radius 1 is 1.32 bits per heavy atom. The number of nitrogens with zero attached hydrogens (tertiary/aromatic N) is 1. The summed E-state index contributed by atoms with van der Waals surface area (Å²) in [5, 5.41) is 0. The number of thiocarbonyl (C=S) groups is 1. The van der Waals surface area contributed by atoms with Gasteiger partial charge < -0.3 is 15.4 Å². The molecule has 0 atom stereocenters. The van der Waals surface area contributed by atoms with Crippen LogP contribution in [0, 0.1) is 5.41 Å². The topological polar surface area (TPSA) is 55.6 Å². The van der Waals surface area contributed by atoms with Gasteiger partial charge in [0.05, 0.1) is 10.4 Å². The summed E-state index contributed by atoms with van der Waals surface area (Å²) in [6.07, 6.45) is 4.07. The molecule has 0 fully saturated rings. The van der Waals surface area contributed by atoms with Crippen LogP contribution in [0.25, 0.3) is 0 Å². The molecule has 1 amide bonds. The number of nitrogens with two attached hydrogens (primary N) is 1. The van der Waals surface area contributed by atoms with Crippen LogP contribution >= 0.6 is 12.2 Å². The van der Waals surface area contributed by atoms with Crippen LogP contribution in [0.1, 0.15) is 46.0 Å². The Morgan fingerprint density at radius 3 is 2.21 bits per heavy atom. The third-order valence-electron chi connectivity index (χ3n) is 3.42. The second-order valence-corrected chi connectivity index (χ2v) is 5.46. The highest BCUT2D eigenvalue weighted by molar-refractivity contribution is 7.80. The Balaban J connectivity index is 4.91. The molecule has 0 aromatic heterocycles. The van der Waals surface area contributed by atoms with Crippen LogP contribution in [0.15, 0.2) is 0 Å². The highest BCUT2D eigenvalue weighted by atomic mass is 32.1. The summed E-state index contributed by atoms with van der Waals surface area (Å²) < 4.78 is 5.01. The maximum atomic E-state index is 12.7. The van der Waals surface area contributed by atoms with Gasteiger partial charge in [0.15, 0.2) is 0 Å². The molecule has 112 valence electrons. The van der Waals surface area contributed by atoms with Gasteiger partial charge in [-0.05, 0) is 19.3 Å². The van der Waals surface area contributed by atoms with Gasteiger partial charge in [-0.1, -0.05) is 38.9 Å². The van der Waals surface area contributed by atoms with Crippen LogP contribution < -0.4 is 5.73 Å². The molecule has 0 saturated heterocycles. The van der Waals surface area contributed by atoms with Gasteiger partial charge in [0, 0.05) is 27.3 Å². The number of rotatable bonds is 10. The molecule has 0 aromatic rings. The quantitative estimate of drug-likeness (QED) is 0.495. The summed E-state index contributed by atoms with van der Waals surface area (Å²) in [5.74, 6) is 0.0554. The molecular formula is C14H28N2O2S. The number of methoxy groups -OCH3 is 1. The van der Waals surface area contributed by atoms with Crippen molar-refractivity contribution in [2.45, 2.75) is 46.0 Å². The van der Waals surface area contributed by atoms with Crippen molar-refractivity contribution in [3.8, 4) is 0 Å². The lowest BCUT2D eigenvalue weighted by molar-refractivity contribution is -0.137. The minimum Gasteiger partial charge on any atom is -0.392 e. The Hall–Kier alpha value is -0.680. The molecule has 5 heteroatoms. The zero-order chi connectivity index (χ0) is 14.9. The van der Waals surface area contributed by atoms with Gasteiger partial charge in [-0.2, -0.15) is 0 Å². The molecule has 0 aliphatic rings. The van der Waals surface area contributed by atoms with E-state index in [1.54, 1.807) is 12.0 Å². The second kappa shape index (κ2) is 9.26. The first kappa shape index (κ1) is 18.3. The molecule has 0 rings (SSSR count). The van der Waals surface area contributed by atoms with Crippen molar-refractivity contribution >= 4 is 23.1 Å². The first-order valence-corrected chi connectivity index (χ1v) is 7.41. The number of hydrogen-bond acceptors (Lipinski definition) is 3. The fourth-order valence-corrected chi connectivity index (χ4v) is 2.75. The van der Waals surface area contributed by atoms with Crippen LogP contribution in [0.5, 0.6) is 0 Å². The monoisotopic (exact) mass is 288 g/mol. The van der Waals surface area contributed by atoms with E-state index in [1.165, 1.54) is 0 Å². The van der Waals surface area contributed by atoms with Crippen molar-refractivity contribution in [1.29, 1.82) is 0 Å². The molecule has 0 aliphatic heterocycles. The second-order valence-electron chi connectivity index (χ2n) is 5.02. The minimum atomic E-state index is -0.666. The van der Waals surface area contributed by atoms with Crippen LogP contribution in [-0.2, 0) is 9.53 Å². The van der Waals surface area contributed by atoms with Crippen molar-refractivity contribution in [2.75, 3.05) is 27.3 Å². The number of amides is 1. The summed E-state index contributed by atoms with van der Waals surface area (Å²) >= 11 is 5.20. The van der Waals surface area contributed by atoms with Crippen molar-refractivity contribution in [3.63, 3.8) is 0 Å². The third-order valence-corrected chi connectivity index (χ3v) is 3.81. The standard InChI is InChI=1S/C14H28N2O2S/c1-5-8-14(9-6-2,12(15)19)13(17)16(3)10-7-11-18-4/h5-11H2,1-4H3,(H2,15,19). The average molecular weight is 288 g/mol. The van der Waals surface area contributed by atoms with E-state index in [1.807, 2.05) is 7.05 Å². The Labute approximate surface area is 122 Å². The third kappa shape index (κ3) is 5.07. The van der Waals surface area contributed by atoms with Gasteiger partial charge in [-0.3, -0.25) is 4.79 Å². The van der Waals surface area contributed by atoms with E-state index in [4.69, 9.17) is 22.7 Å². The first-order valence-electron chi connectivity index (χ1n) is 7.00. The van der Waals surface area contributed by atoms with E-state index in [0.29, 0.717) is 18.1 Å². The van der Waals surface area contributed by atoms with Gasteiger partial charge in [0.2, 0.25) is 5.91 Å². The van der Waals surface area contributed by atoms with Crippen molar-refractivity contribution in [1.82, 2.24) is 4.90 Å². The average Bonchev–Trinajstić information content (AvgIpc) is 2.37. The molecule has 0 unspecified atom stereocenters. The van der Waals surface area contributed by atoms with Crippen molar-refractivity contribution < 1.29 is 9.53 Å². The van der Waals surface area contributed by atoms with E-state index < -0.39 is 5.41 Å². The van der Waals surface area contributed by atoms with Gasteiger partial charge >= 0.3 is 0 Å². The zero-order valence-electron chi connectivity index (χ0n) is 12.7. The Bertz CT molecular complexity index is 289. The molecule has 0 aromatic carbocycles. The maximum absolute atomic E-state index is 12.7. The molecule has 0 spiro atoms. The Kier molecular flexibility index (Phi) is 8.93. The smallest absolute Gasteiger partial charge is 0.235 e. The maximum Gasteiger partial charge on any atom is 0.235 e. The van der Waals surface area contributed by atoms with Gasteiger partial charge in [0.1, 0.15) is 0 Å². The molecule has 4 nitrogen and oxygen atoms in total. The normalized spacial score (nSPS) is 11.4. The largest absolute Gasteiger partial charge is 0.392 e. The number of hydrogen-bond donors (Lipinski definition) is 1. The summed E-state index contributed by atoms with van der Waals surface area (Å²) in [7, 11) is 3.48. The highest BCUT2D eigenvalue weighted by Crippen LogP contribution is 2.32.